The van der Waals surface area contributed by atoms with Crippen molar-refractivity contribution in [1.29, 1.82) is 0 Å². The monoisotopic (exact) mass is 344 g/mol. The average molecular weight is 344 g/mol. The van der Waals surface area contributed by atoms with E-state index in [0.29, 0.717) is 18.7 Å². The zero-order valence-corrected chi connectivity index (χ0v) is 13.3. The zero-order chi connectivity index (χ0) is 17.8. The number of likely N-dealkylation sites (tertiary alicyclic amines) is 1. The predicted molar refractivity (Wildman–Crippen MR) is 88.7 cm³/mol. The Labute approximate surface area is 141 Å². The van der Waals surface area contributed by atoms with Gasteiger partial charge in [0.05, 0.1) is 11.1 Å². The van der Waals surface area contributed by atoms with Crippen LogP contribution in [0.5, 0.6) is 0 Å². The first-order valence-corrected chi connectivity index (χ1v) is 7.82. The number of non-ortho nitro benzene ring substituents is 1. The summed E-state index contributed by atoms with van der Waals surface area (Å²) in [6.07, 6.45) is 4.26. The Balaban J connectivity index is 1.75. The third kappa shape index (κ3) is 3.62. The number of piperidine rings is 1. The van der Waals surface area contributed by atoms with Crippen LogP contribution in [0.3, 0.4) is 0 Å². The van der Waals surface area contributed by atoms with Crippen molar-refractivity contribution in [2.24, 2.45) is 5.10 Å². The molecule has 0 radical (unpaired) electrons. The second kappa shape index (κ2) is 7.07. The first kappa shape index (κ1) is 16.6. The minimum Gasteiger partial charge on any atom is -0.337 e. The van der Waals surface area contributed by atoms with Crippen LogP contribution in [0.25, 0.3) is 0 Å². The summed E-state index contributed by atoms with van der Waals surface area (Å²) in [6.45, 7) is 1.24. The molecule has 0 saturated carbocycles. The molecular weight excluding hydrogens is 328 g/mol. The molecule has 1 fully saturated rings. The fraction of sp³-hybridized carbons (Fsp3) is 0.333. The number of nitrogens with one attached hydrogen (secondary N) is 1. The molecular formula is C15H16N6O4. The molecule has 0 spiro atoms. The largest absolute Gasteiger partial charge is 0.337 e. The van der Waals surface area contributed by atoms with Gasteiger partial charge in [0.15, 0.2) is 0 Å². The van der Waals surface area contributed by atoms with Crippen molar-refractivity contribution in [3.63, 3.8) is 0 Å². The molecule has 1 amide bonds. The Kier molecular flexibility index (Phi) is 4.68. The minimum absolute atomic E-state index is 0.0368. The first-order valence-electron chi connectivity index (χ1n) is 7.82. The van der Waals surface area contributed by atoms with Gasteiger partial charge < -0.3 is 4.90 Å². The smallest absolute Gasteiger partial charge is 0.320 e. The fourth-order valence-corrected chi connectivity index (χ4v) is 2.56. The molecule has 2 heterocycles. The van der Waals surface area contributed by atoms with Crippen LogP contribution in [0.15, 0.2) is 34.2 Å². The van der Waals surface area contributed by atoms with Gasteiger partial charge in [0.1, 0.15) is 0 Å². The minimum atomic E-state index is -0.631. The second-order valence-electron chi connectivity index (χ2n) is 5.62. The molecule has 1 aliphatic rings. The number of nitro groups is 1. The average Bonchev–Trinajstić information content (AvgIpc) is 3.01. The lowest BCUT2D eigenvalue weighted by atomic mass is 10.1. The van der Waals surface area contributed by atoms with E-state index in [1.165, 1.54) is 30.5 Å². The van der Waals surface area contributed by atoms with Gasteiger partial charge in [-0.1, -0.05) is 0 Å². The van der Waals surface area contributed by atoms with Crippen molar-refractivity contribution in [1.82, 2.24) is 20.0 Å². The van der Waals surface area contributed by atoms with E-state index < -0.39 is 16.4 Å². The van der Waals surface area contributed by atoms with Crippen LogP contribution in [0, 0.1) is 10.1 Å². The number of nitrogens with zero attached hydrogens (tertiary/aromatic N) is 5. The van der Waals surface area contributed by atoms with Crippen molar-refractivity contribution >= 4 is 17.8 Å². The van der Waals surface area contributed by atoms with Gasteiger partial charge in [-0.2, -0.15) is 10.3 Å². The third-order valence-corrected chi connectivity index (χ3v) is 3.92. The number of nitro benzene ring substituents is 1. The Hall–Kier alpha value is -3.30. The summed E-state index contributed by atoms with van der Waals surface area (Å²) in [5, 5.41) is 20.7. The number of aromatic amines is 1. The van der Waals surface area contributed by atoms with Gasteiger partial charge in [0.2, 0.25) is 5.69 Å². The highest BCUT2D eigenvalue weighted by Crippen LogP contribution is 2.11. The molecule has 0 aliphatic carbocycles. The standard InChI is InChI=1S/C15H16N6O4/c22-14(19-8-2-1-3-9-19)13-15(23)20(18-17-13)16-10-11-4-6-12(7-5-11)21(24)25/h4-7,10,18H,1-3,8-9H2. The summed E-state index contributed by atoms with van der Waals surface area (Å²) in [7, 11) is 0. The second-order valence-corrected chi connectivity index (χ2v) is 5.62. The molecule has 2 aromatic rings. The number of hydrogen-bond donors (Lipinski definition) is 1. The summed E-state index contributed by atoms with van der Waals surface area (Å²) in [5.41, 5.74) is -0.294. The molecule has 0 bridgehead atoms. The fourth-order valence-electron chi connectivity index (χ4n) is 2.56. The molecule has 1 aromatic heterocycles. The number of aromatic nitrogens is 3. The summed E-state index contributed by atoms with van der Waals surface area (Å²) in [6, 6.07) is 5.68. The maximum Gasteiger partial charge on any atom is 0.320 e. The van der Waals surface area contributed by atoms with Crippen LogP contribution >= 0.6 is 0 Å². The van der Waals surface area contributed by atoms with E-state index in [4.69, 9.17) is 0 Å². The third-order valence-electron chi connectivity index (χ3n) is 3.92. The number of H-pyrrole nitrogens is 1. The van der Waals surface area contributed by atoms with E-state index in [0.717, 1.165) is 24.1 Å². The molecule has 10 nitrogen and oxygen atoms in total. The van der Waals surface area contributed by atoms with Crippen molar-refractivity contribution in [3.8, 4) is 0 Å². The number of carbonyl (C=O) groups excluding carboxylic acids is 1. The normalized spacial score (nSPS) is 14.8. The molecule has 3 rings (SSSR count). The molecule has 130 valence electrons. The van der Waals surface area contributed by atoms with E-state index >= 15 is 0 Å². The van der Waals surface area contributed by atoms with Gasteiger partial charge in [-0.15, -0.1) is 9.89 Å². The molecule has 10 heteroatoms. The van der Waals surface area contributed by atoms with Gasteiger partial charge in [-0.3, -0.25) is 19.7 Å². The molecule has 0 unspecified atom stereocenters. The van der Waals surface area contributed by atoms with Crippen LogP contribution < -0.4 is 5.56 Å². The highest BCUT2D eigenvalue weighted by atomic mass is 16.6. The van der Waals surface area contributed by atoms with Gasteiger partial charge >= 0.3 is 5.56 Å². The number of carbonyl (C=O) groups is 1. The number of amides is 1. The van der Waals surface area contributed by atoms with E-state index in [9.17, 15) is 19.7 Å². The van der Waals surface area contributed by atoms with E-state index in [1.54, 1.807) is 4.90 Å². The Morgan fingerprint density at radius 1 is 1.24 bits per heavy atom. The van der Waals surface area contributed by atoms with E-state index in [-0.39, 0.29) is 11.4 Å². The van der Waals surface area contributed by atoms with Crippen molar-refractivity contribution in [2.75, 3.05) is 13.1 Å². The van der Waals surface area contributed by atoms with Crippen LogP contribution in [-0.2, 0) is 0 Å². The Morgan fingerprint density at radius 3 is 2.56 bits per heavy atom. The van der Waals surface area contributed by atoms with Gasteiger partial charge in [-0.05, 0) is 37.0 Å². The predicted octanol–water partition coefficient (Wildman–Crippen LogP) is 0.988. The molecule has 1 aromatic carbocycles. The SMILES string of the molecule is O=C(c1n[nH]n(N=Cc2ccc([N+](=O)[O-])cc2)c1=O)N1CCCCC1. The highest BCUT2D eigenvalue weighted by molar-refractivity contribution is 5.92. The zero-order valence-electron chi connectivity index (χ0n) is 13.3. The van der Waals surface area contributed by atoms with Crippen LogP contribution in [0.2, 0.25) is 0 Å². The van der Waals surface area contributed by atoms with Crippen LogP contribution in [0.1, 0.15) is 35.3 Å². The lowest BCUT2D eigenvalue weighted by Gasteiger charge is -2.25. The summed E-state index contributed by atoms with van der Waals surface area (Å²) < 4.78 is 0. The molecule has 1 saturated heterocycles. The molecule has 1 N–H and O–H groups in total. The van der Waals surface area contributed by atoms with Crippen molar-refractivity contribution in [3.05, 3.63) is 56.0 Å². The summed E-state index contributed by atoms with van der Waals surface area (Å²) >= 11 is 0. The van der Waals surface area contributed by atoms with E-state index in [2.05, 4.69) is 15.4 Å². The first-order chi connectivity index (χ1) is 12.1. The van der Waals surface area contributed by atoms with Gasteiger partial charge in [0, 0.05) is 25.2 Å². The lowest BCUT2D eigenvalue weighted by molar-refractivity contribution is -0.384. The maximum absolute atomic E-state index is 12.3. The Bertz CT molecular complexity index is 861. The van der Waals surface area contributed by atoms with Gasteiger partial charge in [0.25, 0.3) is 11.6 Å². The summed E-state index contributed by atoms with van der Waals surface area (Å²) in [4.78, 5) is 37.1. The highest BCUT2D eigenvalue weighted by Gasteiger charge is 2.24. The molecule has 1 aliphatic heterocycles. The molecule has 0 atom stereocenters. The van der Waals surface area contributed by atoms with Crippen LogP contribution in [0.4, 0.5) is 5.69 Å². The lowest BCUT2D eigenvalue weighted by Crippen LogP contribution is -2.38. The number of benzene rings is 1. The van der Waals surface area contributed by atoms with Crippen molar-refractivity contribution < 1.29 is 9.72 Å². The van der Waals surface area contributed by atoms with Crippen molar-refractivity contribution in [2.45, 2.75) is 19.3 Å². The summed E-state index contributed by atoms with van der Waals surface area (Å²) in [5.74, 6) is -0.398. The number of rotatable bonds is 4. The topological polar surface area (TPSA) is 126 Å². The molecule has 25 heavy (non-hydrogen) atoms. The quantitative estimate of drug-likeness (QED) is 0.503. The van der Waals surface area contributed by atoms with Crippen LogP contribution in [-0.4, -0.2) is 50.1 Å². The van der Waals surface area contributed by atoms with Gasteiger partial charge in [-0.25, -0.2) is 0 Å². The van der Waals surface area contributed by atoms with E-state index in [1.807, 2.05) is 0 Å². The Morgan fingerprint density at radius 2 is 1.92 bits per heavy atom. The number of hydrogen-bond acceptors (Lipinski definition) is 6. The maximum atomic E-state index is 12.3.